The number of nitriles is 1. The topological polar surface area (TPSA) is 52.8 Å². The van der Waals surface area contributed by atoms with Crippen LogP contribution in [0.15, 0.2) is 12.4 Å². The number of piperidine rings is 1. The molecule has 0 aliphatic carbocycles. The molecule has 4 nitrogen and oxygen atoms in total. The van der Waals surface area contributed by atoms with Crippen molar-refractivity contribution in [1.82, 2.24) is 9.97 Å². The maximum Gasteiger partial charge on any atom is 0.171 e. The molecular formula is C10H11ClN4. The quantitative estimate of drug-likeness (QED) is 0.728. The molecule has 1 aromatic rings. The molecule has 78 valence electrons. The van der Waals surface area contributed by atoms with Crippen molar-refractivity contribution in [2.24, 2.45) is 5.92 Å². The first-order valence-corrected chi connectivity index (χ1v) is 5.30. The number of hydrogen-bond acceptors (Lipinski definition) is 4. The Kier molecular flexibility index (Phi) is 3.02. The molecule has 0 bridgehead atoms. The smallest absolute Gasteiger partial charge is 0.171 e. The molecule has 1 aliphatic heterocycles. The van der Waals surface area contributed by atoms with Crippen LogP contribution in [0.5, 0.6) is 0 Å². The van der Waals surface area contributed by atoms with E-state index in [9.17, 15) is 0 Å². The van der Waals surface area contributed by atoms with Gasteiger partial charge in [-0.3, -0.25) is 0 Å². The number of anilines is 1. The van der Waals surface area contributed by atoms with Gasteiger partial charge in [0.1, 0.15) is 0 Å². The maximum absolute atomic E-state index is 8.78. The van der Waals surface area contributed by atoms with Crippen molar-refractivity contribution in [1.29, 1.82) is 5.26 Å². The Bertz CT molecular complexity index is 379. The third-order valence-electron chi connectivity index (χ3n) is 2.61. The van der Waals surface area contributed by atoms with E-state index < -0.39 is 0 Å². The van der Waals surface area contributed by atoms with Crippen LogP contribution < -0.4 is 4.90 Å². The first-order chi connectivity index (χ1) is 7.31. The number of rotatable bonds is 1. The molecule has 0 unspecified atom stereocenters. The normalized spacial score (nSPS) is 17.5. The first kappa shape index (κ1) is 10.2. The summed E-state index contributed by atoms with van der Waals surface area (Å²) in [5.41, 5.74) is 0. The molecule has 0 atom stereocenters. The molecule has 0 aromatic carbocycles. The highest BCUT2D eigenvalue weighted by Crippen LogP contribution is 2.25. The summed E-state index contributed by atoms with van der Waals surface area (Å²) >= 11 is 5.95. The van der Waals surface area contributed by atoms with Crippen molar-refractivity contribution >= 4 is 17.4 Å². The second-order valence-electron chi connectivity index (χ2n) is 3.56. The molecule has 1 aliphatic rings. The van der Waals surface area contributed by atoms with Crippen LogP contribution in [0.4, 0.5) is 5.82 Å². The average molecular weight is 223 g/mol. The summed E-state index contributed by atoms with van der Waals surface area (Å²) in [7, 11) is 0. The van der Waals surface area contributed by atoms with E-state index in [2.05, 4.69) is 20.9 Å². The van der Waals surface area contributed by atoms with E-state index in [1.54, 1.807) is 12.4 Å². The van der Waals surface area contributed by atoms with Crippen molar-refractivity contribution < 1.29 is 0 Å². The molecule has 15 heavy (non-hydrogen) atoms. The molecule has 0 spiro atoms. The Labute approximate surface area is 93.5 Å². The molecular weight excluding hydrogens is 212 g/mol. The summed E-state index contributed by atoms with van der Waals surface area (Å²) in [6.07, 6.45) is 4.97. The van der Waals surface area contributed by atoms with Gasteiger partial charge in [0, 0.05) is 31.4 Å². The summed E-state index contributed by atoms with van der Waals surface area (Å²) in [5, 5.41) is 9.22. The number of hydrogen-bond donors (Lipinski definition) is 0. The molecule has 2 heterocycles. The van der Waals surface area contributed by atoms with Crippen LogP contribution in [0.25, 0.3) is 0 Å². The summed E-state index contributed by atoms with van der Waals surface area (Å²) < 4.78 is 0. The monoisotopic (exact) mass is 222 g/mol. The van der Waals surface area contributed by atoms with Gasteiger partial charge in [-0.25, -0.2) is 9.97 Å². The summed E-state index contributed by atoms with van der Waals surface area (Å²) in [6.45, 7) is 1.66. The van der Waals surface area contributed by atoms with E-state index in [-0.39, 0.29) is 5.92 Å². The Balaban J connectivity index is 2.08. The van der Waals surface area contributed by atoms with Gasteiger partial charge in [-0.1, -0.05) is 11.6 Å². The molecule has 5 heteroatoms. The molecule has 0 radical (unpaired) electrons. The fourth-order valence-electron chi connectivity index (χ4n) is 1.75. The Morgan fingerprint density at radius 1 is 1.33 bits per heavy atom. The van der Waals surface area contributed by atoms with E-state index in [1.165, 1.54) is 0 Å². The van der Waals surface area contributed by atoms with Crippen molar-refractivity contribution in [3.05, 3.63) is 17.5 Å². The van der Waals surface area contributed by atoms with Crippen LogP contribution in [-0.4, -0.2) is 23.1 Å². The van der Waals surface area contributed by atoms with Crippen LogP contribution in [-0.2, 0) is 0 Å². The number of aromatic nitrogens is 2. The largest absolute Gasteiger partial charge is 0.354 e. The van der Waals surface area contributed by atoms with Gasteiger partial charge < -0.3 is 4.90 Å². The second kappa shape index (κ2) is 4.45. The summed E-state index contributed by atoms with van der Waals surface area (Å²) in [6, 6.07) is 2.29. The number of halogens is 1. The third kappa shape index (κ3) is 2.18. The molecule has 1 fully saturated rings. The highest BCUT2D eigenvalue weighted by molar-refractivity contribution is 6.31. The van der Waals surface area contributed by atoms with Gasteiger partial charge in [0.2, 0.25) is 0 Å². The van der Waals surface area contributed by atoms with Gasteiger partial charge in [0.05, 0.1) is 6.07 Å². The maximum atomic E-state index is 8.78. The van der Waals surface area contributed by atoms with Crippen LogP contribution >= 0.6 is 11.6 Å². The molecule has 0 N–H and O–H groups in total. The van der Waals surface area contributed by atoms with E-state index in [0.29, 0.717) is 5.15 Å². The lowest BCUT2D eigenvalue weighted by Crippen LogP contribution is -2.34. The molecule has 0 amide bonds. The average Bonchev–Trinajstić information content (AvgIpc) is 2.30. The predicted octanol–water partition coefficient (Wildman–Crippen LogP) is 1.87. The Hall–Kier alpha value is -1.34. The highest BCUT2D eigenvalue weighted by Gasteiger charge is 2.21. The molecule has 2 rings (SSSR count). The second-order valence-corrected chi connectivity index (χ2v) is 3.92. The van der Waals surface area contributed by atoms with Gasteiger partial charge in [0.15, 0.2) is 11.0 Å². The van der Waals surface area contributed by atoms with Crippen LogP contribution in [0.2, 0.25) is 5.15 Å². The lowest BCUT2D eigenvalue weighted by Gasteiger charge is -2.30. The lowest BCUT2D eigenvalue weighted by atomic mass is 9.99. The SMILES string of the molecule is N#CC1CCN(c2nccnc2Cl)CC1. The number of nitrogens with zero attached hydrogens (tertiary/aromatic N) is 4. The zero-order chi connectivity index (χ0) is 10.7. The van der Waals surface area contributed by atoms with Crippen molar-refractivity contribution in [2.75, 3.05) is 18.0 Å². The minimum atomic E-state index is 0.177. The standard InChI is InChI=1S/C10H11ClN4/c11-9-10(14-4-3-13-9)15-5-1-8(7-12)2-6-15/h3-4,8H,1-2,5-6H2. The third-order valence-corrected chi connectivity index (χ3v) is 2.88. The van der Waals surface area contributed by atoms with Crippen molar-refractivity contribution in [2.45, 2.75) is 12.8 Å². The minimum absolute atomic E-state index is 0.177. The van der Waals surface area contributed by atoms with E-state index in [1.807, 2.05) is 0 Å². The zero-order valence-corrected chi connectivity index (χ0v) is 8.98. The summed E-state index contributed by atoms with van der Waals surface area (Å²) in [5.74, 6) is 0.909. The van der Waals surface area contributed by atoms with Gasteiger partial charge >= 0.3 is 0 Å². The first-order valence-electron chi connectivity index (χ1n) is 4.92. The van der Waals surface area contributed by atoms with Gasteiger partial charge in [-0.2, -0.15) is 5.26 Å². The molecule has 1 saturated heterocycles. The van der Waals surface area contributed by atoms with E-state index >= 15 is 0 Å². The predicted molar refractivity (Wildman–Crippen MR) is 57.6 cm³/mol. The van der Waals surface area contributed by atoms with E-state index in [0.717, 1.165) is 31.7 Å². The van der Waals surface area contributed by atoms with Crippen LogP contribution in [0.3, 0.4) is 0 Å². The summed E-state index contributed by atoms with van der Waals surface area (Å²) in [4.78, 5) is 10.3. The highest BCUT2D eigenvalue weighted by atomic mass is 35.5. The van der Waals surface area contributed by atoms with Gasteiger partial charge in [-0.05, 0) is 12.8 Å². The van der Waals surface area contributed by atoms with Gasteiger partial charge in [-0.15, -0.1) is 0 Å². The van der Waals surface area contributed by atoms with Crippen LogP contribution in [0.1, 0.15) is 12.8 Å². The van der Waals surface area contributed by atoms with Crippen molar-refractivity contribution in [3.63, 3.8) is 0 Å². The van der Waals surface area contributed by atoms with Crippen molar-refractivity contribution in [3.8, 4) is 6.07 Å². The van der Waals surface area contributed by atoms with Gasteiger partial charge in [0.25, 0.3) is 0 Å². The fraction of sp³-hybridized carbons (Fsp3) is 0.500. The minimum Gasteiger partial charge on any atom is -0.354 e. The Morgan fingerprint density at radius 3 is 2.60 bits per heavy atom. The Morgan fingerprint density at radius 2 is 2.00 bits per heavy atom. The molecule has 0 saturated carbocycles. The van der Waals surface area contributed by atoms with E-state index in [4.69, 9.17) is 16.9 Å². The lowest BCUT2D eigenvalue weighted by molar-refractivity contribution is 0.485. The fourth-order valence-corrected chi connectivity index (χ4v) is 1.97. The zero-order valence-electron chi connectivity index (χ0n) is 8.23. The van der Waals surface area contributed by atoms with Crippen LogP contribution in [0, 0.1) is 17.2 Å². The molecule has 1 aromatic heterocycles.